The Bertz CT molecular complexity index is 319. The molecule has 0 saturated heterocycles. The molecule has 1 saturated carbocycles. The molecule has 2 rings (SSSR count). The number of hydrogen-bond donors (Lipinski definition) is 2. The SMILES string of the molecule is COC1(c2nccc(NN)n2)CCC1. The van der Waals surface area contributed by atoms with Gasteiger partial charge in [0.25, 0.3) is 0 Å². The Balaban J connectivity index is 2.30. The Morgan fingerprint density at radius 2 is 2.36 bits per heavy atom. The highest BCUT2D eigenvalue weighted by molar-refractivity contribution is 5.32. The minimum absolute atomic E-state index is 0.271. The molecular weight excluding hydrogens is 180 g/mol. The van der Waals surface area contributed by atoms with E-state index in [1.165, 1.54) is 0 Å². The van der Waals surface area contributed by atoms with Crippen molar-refractivity contribution in [3.8, 4) is 0 Å². The highest BCUT2D eigenvalue weighted by Gasteiger charge is 2.41. The average Bonchev–Trinajstić information content (AvgIpc) is 2.18. The highest BCUT2D eigenvalue weighted by atomic mass is 16.5. The van der Waals surface area contributed by atoms with Gasteiger partial charge in [-0.1, -0.05) is 0 Å². The molecule has 1 fully saturated rings. The van der Waals surface area contributed by atoms with Crippen LogP contribution in [0.5, 0.6) is 0 Å². The molecule has 0 unspecified atom stereocenters. The minimum Gasteiger partial charge on any atom is -0.370 e. The van der Waals surface area contributed by atoms with Crippen molar-refractivity contribution in [3.05, 3.63) is 18.1 Å². The summed E-state index contributed by atoms with van der Waals surface area (Å²) < 4.78 is 5.47. The molecule has 0 aromatic carbocycles. The second-order valence-corrected chi connectivity index (χ2v) is 3.46. The zero-order valence-corrected chi connectivity index (χ0v) is 8.16. The topological polar surface area (TPSA) is 73.1 Å². The summed E-state index contributed by atoms with van der Waals surface area (Å²) >= 11 is 0. The predicted octanol–water partition coefficient (Wildman–Crippen LogP) is 0.788. The van der Waals surface area contributed by atoms with E-state index in [0.717, 1.165) is 25.1 Å². The van der Waals surface area contributed by atoms with Gasteiger partial charge in [0, 0.05) is 19.4 Å². The van der Waals surface area contributed by atoms with E-state index in [-0.39, 0.29) is 5.60 Å². The van der Waals surface area contributed by atoms with Gasteiger partial charge in [-0.15, -0.1) is 0 Å². The molecule has 0 radical (unpaired) electrons. The van der Waals surface area contributed by atoms with Gasteiger partial charge in [-0.25, -0.2) is 15.8 Å². The fourth-order valence-corrected chi connectivity index (χ4v) is 1.68. The van der Waals surface area contributed by atoms with Crippen LogP contribution in [0.1, 0.15) is 25.1 Å². The maximum atomic E-state index is 5.47. The van der Waals surface area contributed by atoms with E-state index in [1.807, 2.05) is 0 Å². The number of hydrazine groups is 1. The summed E-state index contributed by atoms with van der Waals surface area (Å²) in [6.07, 6.45) is 4.82. The van der Waals surface area contributed by atoms with Crippen molar-refractivity contribution >= 4 is 5.82 Å². The van der Waals surface area contributed by atoms with Crippen LogP contribution in [0.15, 0.2) is 12.3 Å². The first-order chi connectivity index (χ1) is 6.80. The van der Waals surface area contributed by atoms with Crippen LogP contribution in [-0.2, 0) is 10.3 Å². The summed E-state index contributed by atoms with van der Waals surface area (Å²) in [6, 6.07) is 1.73. The van der Waals surface area contributed by atoms with Gasteiger partial charge >= 0.3 is 0 Å². The van der Waals surface area contributed by atoms with Crippen LogP contribution in [0.2, 0.25) is 0 Å². The molecule has 0 aliphatic heterocycles. The number of nitrogens with zero attached hydrogens (tertiary/aromatic N) is 2. The number of rotatable bonds is 3. The Labute approximate surface area is 82.7 Å². The lowest BCUT2D eigenvalue weighted by Crippen LogP contribution is -2.38. The van der Waals surface area contributed by atoms with Crippen molar-refractivity contribution in [3.63, 3.8) is 0 Å². The van der Waals surface area contributed by atoms with Crippen LogP contribution in [0.4, 0.5) is 5.82 Å². The van der Waals surface area contributed by atoms with Gasteiger partial charge in [0.05, 0.1) is 0 Å². The van der Waals surface area contributed by atoms with Crippen molar-refractivity contribution < 1.29 is 4.74 Å². The van der Waals surface area contributed by atoms with E-state index in [4.69, 9.17) is 10.6 Å². The van der Waals surface area contributed by atoms with Crippen LogP contribution in [0.25, 0.3) is 0 Å². The summed E-state index contributed by atoms with van der Waals surface area (Å²) in [5.41, 5.74) is 2.23. The third-order valence-corrected chi connectivity index (χ3v) is 2.76. The average molecular weight is 194 g/mol. The molecule has 76 valence electrons. The smallest absolute Gasteiger partial charge is 0.162 e. The Morgan fingerprint density at radius 1 is 1.57 bits per heavy atom. The number of methoxy groups -OCH3 is 1. The third kappa shape index (κ3) is 1.34. The van der Waals surface area contributed by atoms with E-state index in [1.54, 1.807) is 19.4 Å². The van der Waals surface area contributed by atoms with E-state index < -0.39 is 0 Å². The largest absolute Gasteiger partial charge is 0.370 e. The van der Waals surface area contributed by atoms with Crippen molar-refractivity contribution in [1.82, 2.24) is 9.97 Å². The molecule has 0 spiro atoms. The number of nitrogen functional groups attached to an aromatic ring is 1. The Kier molecular flexibility index (Phi) is 2.35. The lowest BCUT2D eigenvalue weighted by Gasteiger charge is -2.38. The van der Waals surface area contributed by atoms with Gasteiger partial charge in [0.2, 0.25) is 0 Å². The van der Waals surface area contributed by atoms with Crippen molar-refractivity contribution in [1.29, 1.82) is 0 Å². The van der Waals surface area contributed by atoms with Crippen LogP contribution >= 0.6 is 0 Å². The van der Waals surface area contributed by atoms with Gasteiger partial charge in [-0.3, -0.25) is 0 Å². The maximum Gasteiger partial charge on any atom is 0.162 e. The van der Waals surface area contributed by atoms with Gasteiger partial charge in [-0.05, 0) is 19.3 Å². The molecule has 14 heavy (non-hydrogen) atoms. The molecule has 0 bridgehead atoms. The monoisotopic (exact) mass is 194 g/mol. The first-order valence-electron chi connectivity index (χ1n) is 4.66. The normalized spacial score (nSPS) is 18.7. The predicted molar refractivity (Wildman–Crippen MR) is 52.4 cm³/mol. The highest BCUT2D eigenvalue weighted by Crippen LogP contribution is 2.42. The van der Waals surface area contributed by atoms with Gasteiger partial charge in [-0.2, -0.15) is 0 Å². The second-order valence-electron chi connectivity index (χ2n) is 3.46. The zero-order chi connectivity index (χ0) is 10.0. The quantitative estimate of drug-likeness (QED) is 0.549. The molecule has 5 nitrogen and oxygen atoms in total. The molecule has 0 atom stereocenters. The summed E-state index contributed by atoms with van der Waals surface area (Å²) in [5.74, 6) is 6.63. The fourth-order valence-electron chi connectivity index (χ4n) is 1.68. The van der Waals surface area contributed by atoms with E-state index >= 15 is 0 Å². The van der Waals surface area contributed by atoms with Gasteiger partial charge in [0.1, 0.15) is 11.4 Å². The standard InChI is InChI=1S/C9H14N4O/c1-14-9(4-2-5-9)8-11-6-3-7(12-8)13-10/h3,6H,2,4-5,10H2,1H3,(H,11,12,13). The number of nitrogens with one attached hydrogen (secondary N) is 1. The first-order valence-corrected chi connectivity index (χ1v) is 4.66. The first kappa shape index (κ1) is 9.36. The molecule has 0 amide bonds. The summed E-state index contributed by atoms with van der Waals surface area (Å²) in [6.45, 7) is 0. The number of anilines is 1. The molecule has 3 N–H and O–H groups in total. The van der Waals surface area contributed by atoms with Crippen molar-refractivity contribution in [2.45, 2.75) is 24.9 Å². The van der Waals surface area contributed by atoms with Crippen LogP contribution < -0.4 is 11.3 Å². The zero-order valence-electron chi connectivity index (χ0n) is 8.16. The maximum absolute atomic E-state index is 5.47. The second kappa shape index (κ2) is 3.51. The number of aromatic nitrogens is 2. The minimum atomic E-state index is -0.271. The van der Waals surface area contributed by atoms with E-state index in [9.17, 15) is 0 Å². The summed E-state index contributed by atoms with van der Waals surface area (Å²) in [4.78, 5) is 8.50. The molecule has 1 heterocycles. The Hall–Kier alpha value is -1.20. The lowest BCUT2D eigenvalue weighted by molar-refractivity contribution is -0.0845. The number of hydrogen-bond acceptors (Lipinski definition) is 5. The van der Waals surface area contributed by atoms with Crippen LogP contribution in [0.3, 0.4) is 0 Å². The van der Waals surface area contributed by atoms with E-state index in [0.29, 0.717) is 5.82 Å². The van der Waals surface area contributed by atoms with Crippen molar-refractivity contribution in [2.75, 3.05) is 12.5 Å². The number of ether oxygens (including phenoxy) is 1. The molecule has 5 heteroatoms. The van der Waals surface area contributed by atoms with Crippen LogP contribution in [-0.4, -0.2) is 17.1 Å². The molecule has 1 aromatic heterocycles. The van der Waals surface area contributed by atoms with Gasteiger partial charge < -0.3 is 10.2 Å². The van der Waals surface area contributed by atoms with Gasteiger partial charge in [0.15, 0.2) is 5.82 Å². The summed E-state index contributed by atoms with van der Waals surface area (Å²) in [5, 5.41) is 0. The fraction of sp³-hybridized carbons (Fsp3) is 0.556. The lowest BCUT2D eigenvalue weighted by atomic mass is 9.79. The number of nitrogens with two attached hydrogens (primary N) is 1. The molecule has 1 aliphatic rings. The molecule has 1 aliphatic carbocycles. The third-order valence-electron chi connectivity index (χ3n) is 2.76. The van der Waals surface area contributed by atoms with E-state index in [2.05, 4.69) is 15.4 Å². The molecule has 1 aromatic rings. The van der Waals surface area contributed by atoms with Crippen LogP contribution in [0, 0.1) is 0 Å². The van der Waals surface area contributed by atoms with Crippen molar-refractivity contribution in [2.24, 2.45) is 5.84 Å². The molecular formula is C9H14N4O. The summed E-state index contributed by atoms with van der Waals surface area (Å²) in [7, 11) is 1.70. The Morgan fingerprint density at radius 3 is 2.86 bits per heavy atom.